The molecule has 2 heterocycles. The average Bonchev–Trinajstić information content (AvgIpc) is 3.37. The number of hydrogen-bond acceptors (Lipinski definition) is 4. The Labute approximate surface area is 164 Å². The van der Waals surface area contributed by atoms with E-state index in [0.29, 0.717) is 0 Å². The van der Waals surface area contributed by atoms with E-state index in [-0.39, 0.29) is 6.79 Å². The number of rotatable bonds is 2. The van der Waals surface area contributed by atoms with Gasteiger partial charge in [-0.25, -0.2) is 0 Å². The molecule has 4 heteroatoms. The minimum Gasteiger partial charge on any atom is -0.454 e. The smallest absolute Gasteiger partial charge is 0.231 e. The predicted octanol–water partition coefficient (Wildman–Crippen LogP) is 4.21. The van der Waals surface area contributed by atoms with Crippen LogP contribution in [0.25, 0.3) is 0 Å². The highest BCUT2D eigenvalue weighted by atomic mass is 16.7. The first-order valence-electron chi connectivity index (χ1n) is 9.27. The molecule has 3 aromatic rings. The van der Waals surface area contributed by atoms with Crippen molar-refractivity contribution in [2.45, 2.75) is 6.42 Å². The summed E-state index contributed by atoms with van der Waals surface area (Å²) in [6.45, 7) is 1.12. The van der Waals surface area contributed by atoms with Crippen molar-refractivity contribution in [3.8, 4) is 23.3 Å². The fourth-order valence-corrected chi connectivity index (χ4v) is 3.41. The van der Waals surface area contributed by atoms with Crippen LogP contribution in [0.4, 0.5) is 5.69 Å². The van der Waals surface area contributed by atoms with E-state index >= 15 is 0 Å². The number of hydrogen-bond donors (Lipinski definition) is 0. The maximum atomic E-state index is 5.54. The van der Waals surface area contributed by atoms with E-state index in [4.69, 9.17) is 14.6 Å². The molecule has 5 rings (SSSR count). The first-order valence-corrected chi connectivity index (χ1v) is 9.27. The van der Waals surface area contributed by atoms with Crippen LogP contribution in [0.5, 0.6) is 11.5 Å². The van der Waals surface area contributed by atoms with Gasteiger partial charge in [0, 0.05) is 29.3 Å². The van der Waals surface area contributed by atoms with Gasteiger partial charge in [-0.05, 0) is 36.2 Å². The molecular formula is C24H18N2O2. The number of anilines is 1. The van der Waals surface area contributed by atoms with Gasteiger partial charge in [0.05, 0.1) is 11.9 Å². The lowest BCUT2D eigenvalue weighted by Crippen LogP contribution is -2.12. The van der Waals surface area contributed by atoms with Crippen LogP contribution in [-0.4, -0.2) is 19.6 Å². The summed E-state index contributed by atoms with van der Waals surface area (Å²) in [7, 11) is 0. The van der Waals surface area contributed by atoms with Gasteiger partial charge in [-0.2, -0.15) is 5.10 Å². The van der Waals surface area contributed by atoms with Crippen molar-refractivity contribution in [3.05, 3.63) is 89.0 Å². The molecule has 28 heavy (non-hydrogen) atoms. The van der Waals surface area contributed by atoms with E-state index < -0.39 is 0 Å². The van der Waals surface area contributed by atoms with Crippen LogP contribution in [0.2, 0.25) is 0 Å². The number of benzene rings is 3. The zero-order valence-corrected chi connectivity index (χ0v) is 15.3. The van der Waals surface area contributed by atoms with Gasteiger partial charge in [-0.15, -0.1) is 0 Å². The Morgan fingerprint density at radius 1 is 0.893 bits per heavy atom. The number of fused-ring (bicyclic) bond motifs is 2. The molecule has 0 saturated carbocycles. The molecule has 3 aromatic carbocycles. The van der Waals surface area contributed by atoms with Crippen LogP contribution in [0.1, 0.15) is 22.3 Å². The van der Waals surface area contributed by atoms with Gasteiger partial charge in [-0.1, -0.05) is 48.2 Å². The quantitative estimate of drug-likeness (QED) is 0.503. The summed E-state index contributed by atoms with van der Waals surface area (Å²) in [4.78, 5) is 0. The fourth-order valence-electron chi connectivity index (χ4n) is 3.41. The standard InChI is InChI=1S/C24H18N2O2/c1-2-6-18(7-3-1)10-11-20-14-23-24(28-17-27-23)15-21(20)16-25-26-13-12-19-8-4-5-9-22(19)26/h1-9,14-16H,12-13,17H2/b25-16+. The minimum atomic E-state index is 0.237. The molecular weight excluding hydrogens is 348 g/mol. The lowest BCUT2D eigenvalue weighted by molar-refractivity contribution is 0.174. The van der Waals surface area contributed by atoms with E-state index in [1.807, 2.05) is 59.8 Å². The first-order chi connectivity index (χ1) is 13.9. The summed E-state index contributed by atoms with van der Waals surface area (Å²) >= 11 is 0. The van der Waals surface area contributed by atoms with Crippen molar-refractivity contribution in [2.75, 3.05) is 18.3 Å². The molecule has 136 valence electrons. The van der Waals surface area contributed by atoms with Crippen molar-refractivity contribution in [1.82, 2.24) is 0 Å². The summed E-state index contributed by atoms with van der Waals surface area (Å²) in [5, 5.41) is 6.76. The number of hydrazone groups is 1. The summed E-state index contributed by atoms with van der Waals surface area (Å²) in [5.74, 6) is 7.93. The molecule has 0 saturated heterocycles. The van der Waals surface area contributed by atoms with E-state index in [1.54, 1.807) is 0 Å². The van der Waals surface area contributed by atoms with E-state index in [9.17, 15) is 0 Å². The van der Waals surface area contributed by atoms with Crippen molar-refractivity contribution in [1.29, 1.82) is 0 Å². The average molecular weight is 366 g/mol. The molecule has 4 nitrogen and oxygen atoms in total. The molecule has 2 aliphatic heterocycles. The zero-order valence-electron chi connectivity index (χ0n) is 15.3. The van der Waals surface area contributed by atoms with E-state index in [2.05, 4.69) is 30.0 Å². The molecule has 0 radical (unpaired) electrons. The predicted molar refractivity (Wildman–Crippen MR) is 110 cm³/mol. The second-order valence-electron chi connectivity index (χ2n) is 6.66. The van der Waals surface area contributed by atoms with Crippen molar-refractivity contribution in [2.24, 2.45) is 5.10 Å². The Balaban J connectivity index is 1.49. The molecule has 0 amide bonds. The molecule has 0 aromatic heterocycles. The van der Waals surface area contributed by atoms with Crippen LogP contribution < -0.4 is 14.5 Å². The third-order valence-electron chi connectivity index (χ3n) is 4.86. The Hall–Kier alpha value is -3.71. The van der Waals surface area contributed by atoms with Gasteiger partial charge in [0.15, 0.2) is 11.5 Å². The topological polar surface area (TPSA) is 34.1 Å². The SMILES string of the molecule is C(#Cc1cc2c(cc1/C=N/N1CCc3ccccc31)OCO2)c1ccccc1. The molecule has 0 spiro atoms. The fraction of sp³-hybridized carbons (Fsp3) is 0.125. The Bertz CT molecular complexity index is 1110. The maximum absolute atomic E-state index is 5.54. The molecule has 0 atom stereocenters. The van der Waals surface area contributed by atoms with Gasteiger partial charge in [0.25, 0.3) is 0 Å². The van der Waals surface area contributed by atoms with Crippen LogP contribution >= 0.6 is 0 Å². The van der Waals surface area contributed by atoms with Gasteiger partial charge >= 0.3 is 0 Å². The lowest BCUT2D eigenvalue weighted by Gasteiger charge is -2.12. The highest BCUT2D eigenvalue weighted by Gasteiger charge is 2.18. The molecule has 0 bridgehead atoms. The second kappa shape index (κ2) is 7.13. The Morgan fingerprint density at radius 3 is 2.57 bits per heavy atom. The largest absolute Gasteiger partial charge is 0.454 e. The van der Waals surface area contributed by atoms with Crippen LogP contribution in [0.3, 0.4) is 0 Å². The van der Waals surface area contributed by atoms with Crippen molar-refractivity contribution < 1.29 is 9.47 Å². The number of para-hydroxylation sites is 1. The zero-order chi connectivity index (χ0) is 18.8. The van der Waals surface area contributed by atoms with Gasteiger partial charge < -0.3 is 9.47 Å². The van der Waals surface area contributed by atoms with E-state index in [1.165, 1.54) is 5.56 Å². The molecule has 0 fully saturated rings. The molecule has 0 aliphatic carbocycles. The third kappa shape index (κ3) is 3.19. The molecule has 0 unspecified atom stereocenters. The lowest BCUT2D eigenvalue weighted by atomic mass is 10.1. The van der Waals surface area contributed by atoms with Crippen LogP contribution in [0, 0.1) is 11.8 Å². The van der Waals surface area contributed by atoms with E-state index in [0.717, 1.165) is 46.8 Å². The minimum absolute atomic E-state index is 0.237. The molecule has 0 N–H and O–H groups in total. The number of ether oxygens (including phenoxy) is 2. The van der Waals surface area contributed by atoms with Gasteiger partial charge in [0.1, 0.15) is 0 Å². The summed E-state index contributed by atoms with van der Waals surface area (Å²) in [6.07, 6.45) is 2.87. The summed E-state index contributed by atoms with van der Waals surface area (Å²) < 4.78 is 11.1. The van der Waals surface area contributed by atoms with Gasteiger partial charge in [-0.3, -0.25) is 5.01 Å². The Kier molecular flexibility index (Phi) is 4.19. The number of nitrogens with zero attached hydrogens (tertiary/aromatic N) is 2. The normalized spacial score (nSPS) is 14.1. The van der Waals surface area contributed by atoms with Crippen molar-refractivity contribution >= 4 is 11.9 Å². The monoisotopic (exact) mass is 366 g/mol. The van der Waals surface area contributed by atoms with Crippen LogP contribution in [0.15, 0.2) is 71.8 Å². The Morgan fingerprint density at radius 2 is 1.68 bits per heavy atom. The maximum Gasteiger partial charge on any atom is 0.231 e. The van der Waals surface area contributed by atoms with Crippen molar-refractivity contribution in [3.63, 3.8) is 0 Å². The summed E-state index contributed by atoms with van der Waals surface area (Å²) in [6, 6.07) is 22.2. The highest BCUT2D eigenvalue weighted by molar-refractivity contribution is 5.86. The first kappa shape index (κ1) is 16.5. The molecule has 2 aliphatic rings. The van der Waals surface area contributed by atoms with Crippen LogP contribution in [-0.2, 0) is 6.42 Å². The highest BCUT2D eigenvalue weighted by Crippen LogP contribution is 2.34. The van der Waals surface area contributed by atoms with Gasteiger partial charge in [0.2, 0.25) is 6.79 Å². The summed E-state index contributed by atoms with van der Waals surface area (Å²) in [5.41, 5.74) is 5.24. The second-order valence-corrected chi connectivity index (χ2v) is 6.66. The third-order valence-corrected chi connectivity index (χ3v) is 4.86.